The second kappa shape index (κ2) is 5.45. The van der Waals surface area contributed by atoms with Crippen molar-refractivity contribution in [3.8, 4) is 0 Å². The number of carbonyl (C=O) groups is 1. The number of nitrogens with one attached hydrogen (secondary N) is 1. The number of aromatic nitrogens is 2. The number of amides is 1. The van der Waals surface area contributed by atoms with Crippen LogP contribution in [0, 0.1) is 0 Å². The molecule has 1 aromatic carbocycles. The van der Waals surface area contributed by atoms with Crippen LogP contribution in [0.1, 0.15) is 34.6 Å². The maximum Gasteiger partial charge on any atom is 0.410 e. The van der Waals surface area contributed by atoms with Crippen molar-refractivity contribution in [3.63, 3.8) is 0 Å². The minimum atomic E-state index is -4.50. The van der Waals surface area contributed by atoms with E-state index in [-0.39, 0.29) is 17.9 Å². The molecule has 0 bridgehead atoms. The van der Waals surface area contributed by atoms with Crippen LogP contribution in [0.3, 0.4) is 0 Å². The van der Waals surface area contributed by atoms with E-state index in [9.17, 15) is 18.0 Å². The molecule has 1 aromatic heterocycles. The van der Waals surface area contributed by atoms with Crippen LogP contribution in [-0.4, -0.2) is 21.9 Å². The van der Waals surface area contributed by atoms with Crippen LogP contribution in [-0.2, 0) is 0 Å². The van der Waals surface area contributed by atoms with Gasteiger partial charge in [0.2, 0.25) is 0 Å². The quantitative estimate of drug-likeness (QED) is 0.878. The molecule has 1 aliphatic rings. The standard InChI is InChI=1S/C14H12ClF3N4O/c15-8-3-1-7(2-4-8)9-5-11(14(16,17)18)22-12(20-9)6-10(21-22)13(19)23/h1-4,6,9,11,20H,5H2,(H2,19,23)/t9-,11-/m1/s1. The predicted octanol–water partition coefficient (Wildman–Crippen LogP) is 3.30. The van der Waals surface area contributed by atoms with Gasteiger partial charge in [-0.15, -0.1) is 0 Å². The van der Waals surface area contributed by atoms with Gasteiger partial charge in [0.15, 0.2) is 11.7 Å². The van der Waals surface area contributed by atoms with Crippen molar-refractivity contribution in [1.29, 1.82) is 0 Å². The van der Waals surface area contributed by atoms with E-state index in [4.69, 9.17) is 17.3 Å². The molecule has 0 radical (unpaired) electrons. The average Bonchev–Trinajstić information content (AvgIpc) is 2.90. The van der Waals surface area contributed by atoms with Crippen LogP contribution in [0.15, 0.2) is 30.3 Å². The molecular formula is C14H12ClF3N4O. The monoisotopic (exact) mass is 344 g/mol. The number of hydrogen-bond acceptors (Lipinski definition) is 3. The molecule has 0 aliphatic carbocycles. The number of anilines is 1. The Bertz CT molecular complexity index is 741. The maximum absolute atomic E-state index is 13.4. The molecule has 9 heteroatoms. The Labute approximate surface area is 134 Å². The number of benzene rings is 1. The SMILES string of the molecule is NC(=O)c1cc2n(n1)[C@@H](C(F)(F)F)C[C@H](c1ccc(Cl)cc1)N2. The van der Waals surface area contributed by atoms with Crippen LogP contribution >= 0.6 is 11.6 Å². The third-order valence-corrected chi connectivity index (χ3v) is 3.97. The number of alkyl halides is 3. The zero-order valence-corrected chi connectivity index (χ0v) is 12.4. The third-order valence-electron chi connectivity index (χ3n) is 3.71. The van der Waals surface area contributed by atoms with Gasteiger partial charge >= 0.3 is 6.18 Å². The summed E-state index contributed by atoms with van der Waals surface area (Å²) in [6.45, 7) is 0. The second-order valence-electron chi connectivity index (χ2n) is 5.27. The van der Waals surface area contributed by atoms with Crippen LogP contribution in [0.5, 0.6) is 0 Å². The molecule has 3 rings (SSSR count). The number of halogens is 4. The van der Waals surface area contributed by atoms with Gasteiger partial charge in [-0.3, -0.25) is 4.79 Å². The van der Waals surface area contributed by atoms with E-state index in [1.807, 2.05) is 0 Å². The van der Waals surface area contributed by atoms with Gasteiger partial charge in [0, 0.05) is 17.5 Å². The highest BCUT2D eigenvalue weighted by Gasteiger charge is 2.46. The van der Waals surface area contributed by atoms with Crippen molar-refractivity contribution < 1.29 is 18.0 Å². The summed E-state index contributed by atoms with van der Waals surface area (Å²) in [5.74, 6) is -0.773. The molecule has 0 fully saturated rings. The second-order valence-corrected chi connectivity index (χ2v) is 5.70. The first-order valence-electron chi connectivity index (χ1n) is 6.74. The van der Waals surface area contributed by atoms with Crippen LogP contribution in [0.2, 0.25) is 5.02 Å². The summed E-state index contributed by atoms with van der Waals surface area (Å²) in [6, 6.07) is 5.35. The Balaban J connectivity index is 2.01. The number of rotatable bonds is 2. The number of nitrogens with two attached hydrogens (primary N) is 1. The topological polar surface area (TPSA) is 72.9 Å². The van der Waals surface area contributed by atoms with Gasteiger partial charge in [0.1, 0.15) is 5.82 Å². The molecule has 0 saturated heterocycles. The first-order chi connectivity index (χ1) is 10.8. The molecule has 2 aromatic rings. The molecule has 3 N–H and O–H groups in total. The first-order valence-corrected chi connectivity index (χ1v) is 7.11. The molecule has 0 saturated carbocycles. The van der Waals surface area contributed by atoms with Gasteiger partial charge in [0.25, 0.3) is 5.91 Å². The van der Waals surface area contributed by atoms with Gasteiger partial charge in [-0.25, -0.2) is 4.68 Å². The maximum atomic E-state index is 13.4. The summed E-state index contributed by atoms with van der Waals surface area (Å²) in [7, 11) is 0. The number of nitrogens with zero attached hydrogens (tertiary/aromatic N) is 2. The predicted molar refractivity (Wildman–Crippen MR) is 78.3 cm³/mol. The largest absolute Gasteiger partial charge is 0.410 e. The third kappa shape index (κ3) is 2.98. The highest BCUT2D eigenvalue weighted by atomic mass is 35.5. The smallest absolute Gasteiger partial charge is 0.364 e. The van der Waals surface area contributed by atoms with Crippen molar-refractivity contribution in [2.24, 2.45) is 5.73 Å². The highest BCUT2D eigenvalue weighted by molar-refractivity contribution is 6.30. The fourth-order valence-electron chi connectivity index (χ4n) is 2.61. The Morgan fingerprint density at radius 1 is 1.35 bits per heavy atom. The fourth-order valence-corrected chi connectivity index (χ4v) is 2.73. The van der Waals surface area contributed by atoms with Crippen LogP contribution in [0.25, 0.3) is 0 Å². The lowest BCUT2D eigenvalue weighted by Gasteiger charge is -2.33. The zero-order chi connectivity index (χ0) is 16.8. The molecule has 5 nitrogen and oxygen atoms in total. The van der Waals surface area contributed by atoms with Gasteiger partial charge in [-0.2, -0.15) is 18.3 Å². The lowest BCUT2D eigenvalue weighted by molar-refractivity contribution is -0.173. The summed E-state index contributed by atoms with van der Waals surface area (Å²) in [4.78, 5) is 11.2. The summed E-state index contributed by atoms with van der Waals surface area (Å²) in [5, 5.41) is 7.14. The van der Waals surface area contributed by atoms with Crippen molar-refractivity contribution >= 4 is 23.3 Å². The summed E-state index contributed by atoms with van der Waals surface area (Å²) in [6.07, 6.45) is -4.75. The minimum Gasteiger partial charge on any atom is -0.364 e. The number of carbonyl (C=O) groups excluding carboxylic acids is 1. The van der Waals surface area contributed by atoms with Crippen LogP contribution in [0.4, 0.5) is 19.0 Å². The summed E-state index contributed by atoms with van der Waals surface area (Å²) >= 11 is 5.81. The molecular weight excluding hydrogens is 333 g/mol. The first kappa shape index (κ1) is 15.7. The van der Waals surface area contributed by atoms with Crippen LogP contribution < -0.4 is 11.1 Å². The molecule has 2 atom stereocenters. The Morgan fingerprint density at radius 2 is 2.00 bits per heavy atom. The summed E-state index contributed by atoms with van der Waals surface area (Å²) in [5.41, 5.74) is 5.56. The van der Waals surface area contributed by atoms with Gasteiger partial charge in [0.05, 0.1) is 6.04 Å². The highest BCUT2D eigenvalue weighted by Crippen LogP contribution is 2.43. The molecule has 122 valence electrons. The van der Waals surface area contributed by atoms with Crippen molar-refractivity contribution in [2.45, 2.75) is 24.7 Å². The van der Waals surface area contributed by atoms with Crippen molar-refractivity contribution in [1.82, 2.24) is 9.78 Å². The van der Waals surface area contributed by atoms with E-state index >= 15 is 0 Å². The minimum absolute atomic E-state index is 0.104. The Hall–Kier alpha value is -2.22. The number of primary amides is 1. The zero-order valence-electron chi connectivity index (χ0n) is 11.6. The molecule has 23 heavy (non-hydrogen) atoms. The lowest BCUT2D eigenvalue weighted by Crippen LogP contribution is -2.35. The van der Waals surface area contributed by atoms with Crippen molar-refractivity contribution in [3.05, 3.63) is 46.6 Å². The van der Waals surface area contributed by atoms with E-state index in [2.05, 4.69) is 10.4 Å². The number of fused-ring (bicyclic) bond motifs is 1. The Morgan fingerprint density at radius 3 is 2.57 bits per heavy atom. The molecule has 0 unspecified atom stereocenters. The molecule has 1 aliphatic heterocycles. The van der Waals surface area contributed by atoms with E-state index < -0.39 is 24.2 Å². The summed E-state index contributed by atoms with van der Waals surface area (Å²) < 4.78 is 40.8. The van der Waals surface area contributed by atoms with E-state index in [0.29, 0.717) is 10.6 Å². The molecule has 1 amide bonds. The van der Waals surface area contributed by atoms with Crippen molar-refractivity contribution in [2.75, 3.05) is 5.32 Å². The average molecular weight is 345 g/mol. The fraction of sp³-hybridized carbons (Fsp3) is 0.286. The van der Waals surface area contributed by atoms with Gasteiger partial charge in [-0.05, 0) is 17.7 Å². The van der Waals surface area contributed by atoms with E-state index in [1.165, 1.54) is 6.07 Å². The molecule has 2 heterocycles. The Kier molecular flexibility index (Phi) is 3.71. The van der Waals surface area contributed by atoms with Gasteiger partial charge < -0.3 is 11.1 Å². The van der Waals surface area contributed by atoms with E-state index in [1.54, 1.807) is 24.3 Å². The lowest BCUT2D eigenvalue weighted by atomic mass is 9.97. The van der Waals surface area contributed by atoms with Gasteiger partial charge in [-0.1, -0.05) is 23.7 Å². The van der Waals surface area contributed by atoms with E-state index in [0.717, 1.165) is 4.68 Å². The molecule has 0 spiro atoms. The number of hydrogen-bond donors (Lipinski definition) is 2. The normalized spacial score (nSPS) is 20.7.